The van der Waals surface area contributed by atoms with Gasteiger partial charge in [0.15, 0.2) is 5.76 Å². The topological polar surface area (TPSA) is 58.8 Å². The van der Waals surface area contributed by atoms with E-state index in [0.717, 1.165) is 42.0 Å². The van der Waals surface area contributed by atoms with Crippen molar-refractivity contribution in [3.63, 3.8) is 0 Å². The van der Waals surface area contributed by atoms with E-state index in [1.807, 2.05) is 54.4 Å². The molecule has 0 radical (unpaired) electrons. The lowest BCUT2D eigenvalue weighted by Crippen LogP contribution is -2.48. The van der Waals surface area contributed by atoms with Gasteiger partial charge in [0.25, 0.3) is 5.91 Å². The van der Waals surface area contributed by atoms with E-state index in [0.29, 0.717) is 24.4 Å². The lowest BCUT2D eigenvalue weighted by Gasteiger charge is -2.34. The van der Waals surface area contributed by atoms with Crippen LogP contribution in [-0.2, 0) is 6.54 Å². The van der Waals surface area contributed by atoms with Gasteiger partial charge in [0, 0.05) is 49.9 Å². The monoisotopic (exact) mass is 365 g/mol. The smallest absolute Gasteiger partial charge is 0.289 e. The number of fused-ring (bicyclic) bond motifs is 1. The van der Waals surface area contributed by atoms with Crippen molar-refractivity contribution in [1.82, 2.24) is 14.8 Å². The van der Waals surface area contributed by atoms with Gasteiger partial charge in [-0.15, -0.1) is 0 Å². The molecule has 3 aromatic rings. The van der Waals surface area contributed by atoms with Crippen molar-refractivity contribution in [2.45, 2.75) is 13.5 Å². The Labute approximate surface area is 158 Å². The Morgan fingerprint density at radius 2 is 2.00 bits per heavy atom. The fraction of sp³-hybridized carbons (Fsp3) is 0.333. The molecular formula is C21H23N3O3. The van der Waals surface area contributed by atoms with Gasteiger partial charge in [0.2, 0.25) is 0 Å². The Kier molecular flexibility index (Phi) is 4.81. The minimum atomic E-state index is -0.0415. The van der Waals surface area contributed by atoms with Crippen LogP contribution in [0.5, 0.6) is 5.75 Å². The third-order valence-electron chi connectivity index (χ3n) is 5.11. The number of hydrogen-bond acceptors (Lipinski definition) is 5. The van der Waals surface area contributed by atoms with Gasteiger partial charge in [0.05, 0.1) is 12.8 Å². The number of pyridine rings is 1. The summed E-state index contributed by atoms with van der Waals surface area (Å²) in [6, 6.07) is 11.6. The Balaban J connectivity index is 1.45. The summed E-state index contributed by atoms with van der Waals surface area (Å²) in [5.41, 5.74) is 2.63. The number of ether oxygens (including phenoxy) is 1. The van der Waals surface area contributed by atoms with Gasteiger partial charge in [-0.1, -0.05) is 6.07 Å². The van der Waals surface area contributed by atoms with Crippen LogP contribution < -0.4 is 4.74 Å². The molecular weight excluding hydrogens is 342 g/mol. The molecule has 3 heterocycles. The van der Waals surface area contributed by atoms with E-state index >= 15 is 0 Å². The summed E-state index contributed by atoms with van der Waals surface area (Å²) in [4.78, 5) is 21.6. The first-order chi connectivity index (χ1) is 13.2. The number of rotatable bonds is 4. The molecule has 4 rings (SSSR count). The minimum Gasteiger partial charge on any atom is -0.497 e. The summed E-state index contributed by atoms with van der Waals surface area (Å²) in [7, 11) is 1.63. The molecule has 1 fully saturated rings. The third kappa shape index (κ3) is 3.53. The van der Waals surface area contributed by atoms with E-state index in [9.17, 15) is 4.79 Å². The Morgan fingerprint density at radius 1 is 1.19 bits per heavy atom. The SMILES string of the molecule is COc1ccc2oc(C(=O)N3CCN(Cc4ccccn4)CC3)c(C)c2c1. The second-order valence-electron chi connectivity index (χ2n) is 6.81. The first-order valence-corrected chi connectivity index (χ1v) is 9.14. The van der Waals surface area contributed by atoms with E-state index in [4.69, 9.17) is 9.15 Å². The largest absolute Gasteiger partial charge is 0.497 e. The number of nitrogens with zero attached hydrogens (tertiary/aromatic N) is 3. The molecule has 140 valence electrons. The average molecular weight is 365 g/mol. The van der Waals surface area contributed by atoms with Crippen molar-refractivity contribution in [3.05, 3.63) is 59.6 Å². The zero-order valence-corrected chi connectivity index (χ0v) is 15.6. The third-order valence-corrected chi connectivity index (χ3v) is 5.11. The summed E-state index contributed by atoms with van der Waals surface area (Å²) in [6.07, 6.45) is 1.81. The molecule has 1 saturated heterocycles. The first kappa shape index (κ1) is 17.5. The number of aromatic nitrogens is 1. The molecule has 0 bridgehead atoms. The van der Waals surface area contributed by atoms with E-state index < -0.39 is 0 Å². The lowest BCUT2D eigenvalue weighted by molar-refractivity contribution is 0.0597. The number of aryl methyl sites for hydroxylation is 1. The Hall–Kier alpha value is -2.86. The molecule has 0 unspecified atom stereocenters. The van der Waals surface area contributed by atoms with Crippen molar-refractivity contribution in [2.75, 3.05) is 33.3 Å². The molecule has 0 aliphatic carbocycles. The zero-order chi connectivity index (χ0) is 18.8. The number of hydrogen-bond donors (Lipinski definition) is 0. The number of furan rings is 1. The minimum absolute atomic E-state index is 0.0415. The number of benzene rings is 1. The molecule has 6 heteroatoms. The molecule has 1 aliphatic rings. The Morgan fingerprint density at radius 3 is 2.70 bits per heavy atom. The predicted molar refractivity (Wildman–Crippen MR) is 103 cm³/mol. The molecule has 0 atom stereocenters. The Bertz CT molecular complexity index is 944. The van der Waals surface area contributed by atoms with E-state index in [1.54, 1.807) is 7.11 Å². The molecule has 6 nitrogen and oxygen atoms in total. The van der Waals surface area contributed by atoms with Crippen molar-refractivity contribution in [2.24, 2.45) is 0 Å². The number of amides is 1. The van der Waals surface area contributed by atoms with Gasteiger partial charge in [-0.05, 0) is 37.3 Å². The van der Waals surface area contributed by atoms with Crippen LogP contribution >= 0.6 is 0 Å². The highest BCUT2D eigenvalue weighted by atomic mass is 16.5. The standard InChI is InChI=1S/C21H23N3O3/c1-15-18-13-17(26-2)6-7-19(18)27-20(15)21(25)24-11-9-23(10-12-24)14-16-5-3-4-8-22-16/h3-8,13H,9-12,14H2,1-2H3. The number of carbonyl (C=O) groups excluding carboxylic acids is 1. The van der Waals surface area contributed by atoms with Crippen LogP contribution in [0, 0.1) is 6.92 Å². The fourth-order valence-electron chi connectivity index (χ4n) is 3.50. The van der Waals surface area contributed by atoms with Crippen LogP contribution in [0.3, 0.4) is 0 Å². The maximum atomic E-state index is 13.0. The molecule has 27 heavy (non-hydrogen) atoms. The maximum Gasteiger partial charge on any atom is 0.289 e. The zero-order valence-electron chi connectivity index (χ0n) is 15.6. The van der Waals surface area contributed by atoms with E-state index in [1.165, 1.54) is 0 Å². The van der Waals surface area contributed by atoms with Gasteiger partial charge in [-0.3, -0.25) is 14.7 Å². The predicted octanol–water partition coefficient (Wildman–Crippen LogP) is 3.10. The van der Waals surface area contributed by atoms with Crippen LogP contribution in [0.2, 0.25) is 0 Å². The second kappa shape index (κ2) is 7.40. The van der Waals surface area contributed by atoms with Crippen molar-refractivity contribution < 1.29 is 13.9 Å². The number of carbonyl (C=O) groups is 1. The summed E-state index contributed by atoms with van der Waals surface area (Å²) in [5.74, 6) is 1.14. The highest BCUT2D eigenvalue weighted by Crippen LogP contribution is 2.29. The summed E-state index contributed by atoms with van der Waals surface area (Å²) >= 11 is 0. The highest BCUT2D eigenvalue weighted by molar-refractivity contribution is 5.99. The molecule has 1 amide bonds. The van der Waals surface area contributed by atoms with Crippen LogP contribution in [0.1, 0.15) is 21.8 Å². The first-order valence-electron chi connectivity index (χ1n) is 9.14. The van der Waals surface area contributed by atoms with Gasteiger partial charge >= 0.3 is 0 Å². The number of methoxy groups -OCH3 is 1. The normalized spacial score (nSPS) is 15.3. The van der Waals surface area contributed by atoms with Crippen molar-refractivity contribution in [1.29, 1.82) is 0 Å². The lowest BCUT2D eigenvalue weighted by atomic mass is 10.1. The summed E-state index contributed by atoms with van der Waals surface area (Å²) in [5, 5.41) is 0.923. The summed E-state index contributed by atoms with van der Waals surface area (Å²) in [6.45, 7) is 5.77. The molecule has 0 saturated carbocycles. The second-order valence-corrected chi connectivity index (χ2v) is 6.81. The molecule has 2 aromatic heterocycles. The molecule has 0 spiro atoms. The molecule has 0 N–H and O–H groups in total. The quantitative estimate of drug-likeness (QED) is 0.711. The van der Waals surface area contributed by atoms with Crippen LogP contribution in [-0.4, -0.2) is 54.0 Å². The summed E-state index contributed by atoms with van der Waals surface area (Å²) < 4.78 is 11.1. The van der Waals surface area contributed by atoms with Gasteiger partial charge in [-0.25, -0.2) is 0 Å². The van der Waals surface area contributed by atoms with Gasteiger partial charge < -0.3 is 14.1 Å². The average Bonchev–Trinajstić information content (AvgIpc) is 3.05. The van der Waals surface area contributed by atoms with Crippen molar-refractivity contribution in [3.8, 4) is 5.75 Å². The molecule has 1 aliphatic heterocycles. The van der Waals surface area contributed by atoms with Crippen molar-refractivity contribution >= 4 is 16.9 Å². The van der Waals surface area contributed by atoms with E-state index in [-0.39, 0.29) is 5.91 Å². The highest BCUT2D eigenvalue weighted by Gasteiger charge is 2.27. The van der Waals surface area contributed by atoms with Gasteiger partial charge in [-0.2, -0.15) is 0 Å². The maximum absolute atomic E-state index is 13.0. The molecule has 1 aromatic carbocycles. The number of piperazine rings is 1. The fourth-order valence-corrected chi connectivity index (χ4v) is 3.50. The van der Waals surface area contributed by atoms with E-state index in [2.05, 4.69) is 9.88 Å². The van der Waals surface area contributed by atoms with Crippen LogP contribution in [0.15, 0.2) is 47.0 Å². The van der Waals surface area contributed by atoms with Crippen LogP contribution in [0.4, 0.5) is 0 Å². The van der Waals surface area contributed by atoms with Crippen LogP contribution in [0.25, 0.3) is 11.0 Å². The van der Waals surface area contributed by atoms with Gasteiger partial charge in [0.1, 0.15) is 11.3 Å².